The molecule has 0 N–H and O–H groups in total. The Kier molecular flexibility index (Phi) is 5.64. The van der Waals surface area contributed by atoms with Crippen molar-refractivity contribution in [1.29, 1.82) is 0 Å². The average Bonchev–Trinajstić information content (AvgIpc) is 3.66. The fraction of sp³-hybridized carbons (Fsp3) is 0.213. The Hall–Kier alpha value is -5.61. The lowest BCUT2D eigenvalue weighted by atomic mass is 9.43. The van der Waals surface area contributed by atoms with Crippen LogP contribution in [0.15, 0.2) is 133 Å². The van der Waals surface area contributed by atoms with Crippen LogP contribution in [-0.4, -0.2) is 19.5 Å². The summed E-state index contributed by atoms with van der Waals surface area (Å²) in [4.78, 5) is 15.8. The zero-order valence-electron chi connectivity index (χ0n) is 28.3. The van der Waals surface area contributed by atoms with Crippen molar-refractivity contribution in [1.82, 2.24) is 19.5 Å². The molecule has 244 valence electrons. The Morgan fingerprint density at radius 1 is 0.510 bits per heavy atom. The summed E-state index contributed by atoms with van der Waals surface area (Å²) < 4.78 is 2.39. The summed E-state index contributed by atoms with van der Waals surface area (Å²) in [6.07, 6.45) is 6.90. The van der Waals surface area contributed by atoms with E-state index < -0.39 is 0 Å². The summed E-state index contributed by atoms with van der Waals surface area (Å²) in [5.41, 5.74) is 10.3. The van der Waals surface area contributed by atoms with E-state index in [0.717, 1.165) is 28.5 Å². The lowest BCUT2D eigenvalue weighted by Crippen LogP contribution is -2.55. The fourth-order valence-electron chi connectivity index (χ4n) is 11.5. The third kappa shape index (κ3) is 3.77. The standard InChI is InChI=1S/C47H36N4/c1-3-11-30(12-4-1)44-48-45(31-13-5-2-6-14-31)50-46(49-44)51-41-27-33-16-8-7-15-32(33)26-38(41)36-19-20-40-42(43(36)51)37-17-9-10-18-39(37)47(40)34-22-28-21-29(24-34)25-35(47)23-28/h1-20,26-29,34-35H,21-25H2. The Bertz CT molecular complexity index is 2620. The summed E-state index contributed by atoms with van der Waals surface area (Å²) in [6.45, 7) is 0. The lowest BCUT2D eigenvalue weighted by molar-refractivity contribution is -0.0399. The first-order chi connectivity index (χ1) is 25.2. The topological polar surface area (TPSA) is 43.6 Å². The highest BCUT2D eigenvalue weighted by Crippen LogP contribution is 2.70. The van der Waals surface area contributed by atoms with Gasteiger partial charge in [0.05, 0.1) is 11.0 Å². The van der Waals surface area contributed by atoms with Gasteiger partial charge in [0.1, 0.15) is 0 Å². The Morgan fingerprint density at radius 3 is 1.76 bits per heavy atom. The van der Waals surface area contributed by atoms with Crippen molar-refractivity contribution in [2.45, 2.75) is 37.5 Å². The van der Waals surface area contributed by atoms with Crippen LogP contribution in [0.1, 0.15) is 43.2 Å². The molecular weight excluding hydrogens is 621 g/mol. The van der Waals surface area contributed by atoms with Crippen molar-refractivity contribution in [2.24, 2.45) is 23.7 Å². The molecule has 0 saturated heterocycles. The number of hydrogen-bond acceptors (Lipinski definition) is 3. The molecule has 2 heterocycles. The number of aromatic nitrogens is 4. The average molecular weight is 657 g/mol. The van der Waals surface area contributed by atoms with Gasteiger partial charge in [-0.15, -0.1) is 0 Å². The molecule has 51 heavy (non-hydrogen) atoms. The maximum absolute atomic E-state index is 5.35. The van der Waals surface area contributed by atoms with Gasteiger partial charge in [-0.1, -0.05) is 121 Å². The molecule has 4 saturated carbocycles. The summed E-state index contributed by atoms with van der Waals surface area (Å²) in [6, 6.07) is 48.6. The van der Waals surface area contributed by atoms with Crippen LogP contribution in [0.4, 0.5) is 0 Å². The minimum atomic E-state index is 0.0725. The number of nitrogens with zero attached hydrogens (tertiary/aromatic N) is 4. The Balaban J connectivity index is 1.23. The van der Waals surface area contributed by atoms with Gasteiger partial charge in [0.2, 0.25) is 5.95 Å². The second-order valence-corrected chi connectivity index (χ2v) is 15.7. The number of fused-ring (bicyclic) bond motifs is 8. The summed E-state index contributed by atoms with van der Waals surface area (Å²) in [7, 11) is 0. The predicted octanol–water partition coefficient (Wildman–Crippen LogP) is 11.2. The molecule has 4 fully saturated rings. The van der Waals surface area contributed by atoms with E-state index in [9.17, 15) is 0 Å². The summed E-state index contributed by atoms with van der Waals surface area (Å²) in [5.74, 6) is 5.21. The maximum Gasteiger partial charge on any atom is 0.238 e. The molecular formula is C47H36N4. The van der Waals surface area contributed by atoms with Gasteiger partial charge in [0, 0.05) is 32.9 Å². The predicted molar refractivity (Wildman–Crippen MR) is 206 cm³/mol. The van der Waals surface area contributed by atoms with Crippen molar-refractivity contribution in [3.63, 3.8) is 0 Å². The molecule has 0 aliphatic heterocycles. The van der Waals surface area contributed by atoms with Gasteiger partial charge >= 0.3 is 0 Å². The molecule has 0 atom stereocenters. The van der Waals surface area contributed by atoms with Gasteiger partial charge in [-0.3, -0.25) is 4.57 Å². The van der Waals surface area contributed by atoms with Crippen LogP contribution in [0.5, 0.6) is 0 Å². The van der Waals surface area contributed by atoms with Crippen LogP contribution in [-0.2, 0) is 5.41 Å². The van der Waals surface area contributed by atoms with Crippen LogP contribution in [0, 0.1) is 23.7 Å². The molecule has 0 radical (unpaired) electrons. The quantitative estimate of drug-likeness (QED) is 0.190. The summed E-state index contributed by atoms with van der Waals surface area (Å²) >= 11 is 0. The second kappa shape index (κ2) is 10.2. The molecule has 13 rings (SSSR count). The maximum atomic E-state index is 5.35. The minimum Gasteiger partial charge on any atom is -0.277 e. The molecule has 4 bridgehead atoms. The van der Waals surface area contributed by atoms with Crippen molar-refractivity contribution >= 4 is 32.6 Å². The van der Waals surface area contributed by atoms with Gasteiger partial charge in [0.15, 0.2) is 11.6 Å². The van der Waals surface area contributed by atoms with Crippen molar-refractivity contribution in [3.05, 3.63) is 145 Å². The Morgan fingerprint density at radius 2 is 1.10 bits per heavy atom. The van der Waals surface area contributed by atoms with Crippen LogP contribution >= 0.6 is 0 Å². The molecule has 1 spiro atoms. The summed E-state index contributed by atoms with van der Waals surface area (Å²) in [5, 5.41) is 4.95. The van der Waals surface area contributed by atoms with E-state index in [1.807, 2.05) is 12.1 Å². The van der Waals surface area contributed by atoms with E-state index in [1.165, 1.54) is 70.3 Å². The largest absolute Gasteiger partial charge is 0.277 e. The smallest absolute Gasteiger partial charge is 0.238 e. The molecule has 5 aliphatic carbocycles. The molecule has 4 heteroatoms. The van der Waals surface area contributed by atoms with E-state index in [-0.39, 0.29) is 5.41 Å². The van der Waals surface area contributed by atoms with Crippen LogP contribution < -0.4 is 0 Å². The molecule has 0 unspecified atom stereocenters. The minimum absolute atomic E-state index is 0.0725. The van der Waals surface area contributed by atoms with Gasteiger partial charge in [-0.05, 0) is 95.4 Å². The van der Waals surface area contributed by atoms with Crippen molar-refractivity contribution in [2.75, 3.05) is 0 Å². The first kappa shape index (κ1) is 28.1. The molecule has 6 aromatic carbocycles. The highest BCUT2D eigenvalue weighted by Gasteiger charge is 2.61. The van der Waals surface area contributed by atoms with Crippen LogP contribution in [0.3, 0.4) is 0 Å². The molecule has 5 aliphatic rings. The number of hydrogen-bond donors (Lipinski definition) is 0. The lowest BCUT2D eigenvalue weighted by Gasteiger charge is -2.61. The third-order valence-corrected chi connectivity index (χ3v) is 13.2. The van der Waals surface area contributed by atoms with E-state index in [4.69, 9.17) is 15.0 Å². The second-order valence-electron chi connectivity index (χ2n) is 15.7. The zero-order valence-corrected chi connectivity index (χ0v) is 28.3. The Labute approximate surface area is 296 Å². The molecule has 4 nitrogen and oxygen atoms in total. The normalized spacial score (nSPS) is 24.2. The van der Waals surface area contributed by atoms with E-state index in [0.29, 0.717) is 29.4 Å². The molecule has 8 aromatic rings. The van der Waals surface area contributed by atoms with Crippen LogP contribution in [0.25, 0.3) is 72.4 Å². The first-order valence-corrected chi connectivity index (χ1v) is 18.7. The highest BCUT2D eigenvalue weighted by atomic mass is 15.2. The SMILES string of the molecule is c1ccc(-c2nc(-c3ccccc3)nc(-n3c4cc5ccccc5cc4c4ccc5c(c43)-c3ccccc3C53C4CC5CC(C4)CC3C5)n2)cc1. The number of rotatable bonds is 3. The third-order valence-electron chi connectivity index (χ3n) is 13.2. The molecule has 0 amide bonds. The zero-order chi connectivity index (χ0) is 33.3. The van der Waals surface area contributed by atoms with Crippen molar-refractivity contribution < 1.29 is 0 Å². The first-order valence-electron chi connectivity index (χ1n) is 18.7. The van der Waals surface area contributed by atoms with Crippen molar-refractivity contribution in [3.8, 4) is 39.9 Å². The van der Waals surface area contributed by atoms with E-state index in [2.05, 4.69) is 126 Å². The van der Waals surface area contributed by atoms with E-state index >= 15 is 0 Å². The fourth-order valence-corrected chi connectivity index (χ4v) is 11.5. The number of benzene rings is 6. The molecule has 2 aromatic heterocycles. The van der Waals surface area contributed by atoms with Gasteiger partial charge in [-0.2, -0.15) is 9.97 Å². The van der Waals surface area contributed by atoms with Crippen LogP contribution in [0.2, 0.25) is 0 Å². The van der Waals surface area contributed by atoms with Gasteiger partial charge < -0.3 is 0 Å². The van der Waals surface area contributed by atoms with E-state index in [1.54, 1.807) is 11.1 Å². The van der Waals surface area contributed by atoms with Gasteiger partial charge in [0.25, 0.3) is 0 Å². The highest BCUT2D eigenvalue weighted by molar-refractivity contribution is 6.18. The monoisotopic (exact) mass is 656 g/mol. The van der Waals surface area contributed by atoms with Gasteiger partial charge in [-0.25, -0.2) is 4.98 Å².